The molecule has 0 atom stereocenters. The fraction of sp³-hybridized carbons (Fsp3) is 0.333. The van der Waals surface area contributed by atoms with E-state index >= 15 is 0 Å². The number of hydrogen-bond acceptors (Lipinski definition) is 3. The van der Waals surface area contributed by atoms with Gasteiger partial charge in [0.15, 0.2) is 4.77 Å². The highest BCUT2D eigenvalue weighted by Crippen LogP contribution is 2.17. The minimum absolute atomic E-state index is 0.585. The Bertz CT molecular complexity index is 558. The second-order valence-corrected chi connectivity index (χ2v) is 4.73. The van der Waals surface area contributed by atoms with Crippen molar-refractivity contribution in [2.75, 3.05) is 6.54 Å². The van der Waals surface area contributed by atoms with Crippen LogP contribution >= 0.6 is 12.2 Å². The van der Waals surface area contributed by atoms with Crippen molar-refractivity contribution in [3.8, 4) is 0 Å². The summed E-state index contributed by atoms with van der Waals surface area (Å²) in [6.45, 7) is 2.96. The first kappa shape index (κ1) is 10.7. The zero-order chi connectivity index (χ0) is 11.7. The molecule has 3 rings (SSSR count). The van der Waals surface area contributed by atoms with Crippen LogP contribution in [0, 0.1) is 4.77 Å². The first-order chi connectivity index (χ1) is 8.31. The monoisotopic (exact) mass is 246 g/mol. The molecule has 2 aromatic heterocycles. The van der Waals surface area contributed by atoms with E-state index < -0.39 is 0 Å². The van der Waals surface area contributed by atoms with E-state index in [0.717, 1.165) is 26.1 Å². The molecule has 2 aromatic rings. The Balaban J connectivity index is 1.76. The van der Waals surface area contributed by atoms with Gasteiger partial charge in [-0.2, -0.15) is 0 Å². The fourth-order valence-corrected chi connectivity index (χ4v) is 2.42. The molecule has 0 saturated heterocycles. The number of hydrogen-bond donors (Lipinski definition) is 2. The molecule has 0 amide bonds. The molecule has 0 spiro atoms. The van der Waals surface area contributed by atoms with E-state index in [0.29, 0.717) is 4.77 Å². The maximum atomic E-state index is 5.04. The van der Waals surface area contributed by atoms with Gasteiger partial charge in [-0.25, -0.2) is 4.98 Å². The molecule has 4 nitrogen and oxygen atoms in total. The maximum absolute atomic E-state index is 5.04. The molecule has 17 heavy (non-hydrogen) atoms. The van der Waals surface area contributed by atoms with E-state index in [-0.39, 0.29) is 0 Å². The van der Waals surface area contributed by atoms with E-state index in [2.05, 4.69) is 25.9 Å². The number of fused-ring (bicyclic) bond motifs is 1. The van der Waals surface area contributed by atoms with Crippen molar-refractivity contribution < 1.29 is 0 Å². The van der Waals surface area contributed by atoms with Crippen molar-refractivity contribution in [3.05, 3.63) is 46.2 Å². The van der Waals surface area contributed by atoms with Gasteiger partial charge >= 0.3 is 0 Å². The number of aromatic amines is 2. The lowest BCUT2D eigenvalue weighted by atomic mass is 10.1. The summed E-state index contributed by atoms with van der Waals surface area (Å²) in [7, 11) is 0. The third-order valence-corrected chi connectivity index (χ3v) is 3.32. The number of nitrogens with zero attached hydrogens (tertiary/aromatic N) is 2. The number of nitrogens with one attached hydrogen (secondary N) is 2. The fourth-order valence-electron chi connectivity index (χ4n) is 2.25. The summed E-state index contributed by atoms with van der Waals surface area (Å²) in [4.78, 5) is 13.0. The van der Waals surface area contributed by atoms with Crippen LogP contribution in [-0.4, -0.2) is 26.4 Å². The summed E-state index contributed by atoms with van der Waals surface area (Å²) in [5, 5.41) is 0. The van der Waals surface area contributed by atoms with E-state index in [1.54, 1.807) is 0 Å². The molecule has 1 aliphatic rings. The van der Waals surface area contributed by atoms with Gasteiger partial charge < -0.3 is 9.97 Å². The quantitative estimate of drug-likeness (QED) is 0.797. The number of H-pyrrole nitrogens is 2. The minimum atomic E-state index is 0.585. The van der Waals surface area contributed by atoms with Crippen molar-refractivity contribution in [3.63, 3.8) is 0 Å². The highest BCUT2D eigenvalue weighted by molar-refractivity contribution is 7.71. The Morgan fingerprint density at radius 1 is 1.47 bits per heavy atom. The van der Waals surface area contributed by atoms with Crippen LogP contribution in [0.25, 0.3) is 0 Å². The smallest absolute Gasteiger partial charge is 0.196 e. The van der Waals surface area contributed by atoms with Crippen LogP contribution in [0.1, 0.15) is 17.0 Å². The summed E-state index contributed by atoms with van der Waals surface area (Å²) in [5.41, 5.74) is 3.76. The molecule has 0 radical (unpaired) electrons. The van der Waals surface area contributed by atoms with Gasteiger partial charge in [-0.1, -0.05) is 0 Å². The summed E-state index contributed by atoms with van der Waals surface area (Å²) in [5.74, 6) is 0. The van der Waals surface area contributed by atoms with E-state index in [1.165, 1.54) is 17.0 Å². The highest BCUT2D eigenvalue weighted by atomic mass is 32.1. The molecular weight excluding hydrogens is 232 g/mol. The molecule has 0 bridgehead atoms. The number of aromatic nitrogens is 3. The second kappa shape index (κ2) is 4.43. The van der Waals surface area contributed by atoms with Crippen LogP contribution < -0.4 is 0 Å². The predicted molar refractivity (Wildman–Crippen MR) is 68.0 cm³/mol. The average molecular weight is 246 g/mol. The molecule has 0 fully saturated rings. The molecule has 5 heteroatoms. The SMILES string of the molecule is S=c1ncc2c([nH]1)CCN(Cc1ccc[nH]1)C2. The Kier molecular flexibility index (Phi) is 2.78. The minimum Gasteiger partial charge on any atom is -0.364 e. The Morgan fingerprint density at radius 3 is 3.24 bits per heavy atom. The van der Waals surface area contributed by atoms with Crippen LogP contribution in [0.15, 0.2) is 24.5 Å². The van der Waals surface area contributed by atoms with Crippen LogP contribution in [0.4, 0.5) is 0 Å². The molecule has 0 aliphatic carbocycles. The molecule has 88 valence electrons. The largest absolute Gasteiger partial charge is 0.364 e. The Morgan fingerprint density at radius 2 is 2.41 bits per heavy atom. The van der Waals surface area contributed by atoms with E-state index in [1.807, 2.05) is 18.5 Å². The Labute approximate surface area is 105 Å². The standard InChI is InChI=1S/C12H14N4S/c17-12-14-6-9-7-16(5-3-11(9)15-12)8-10-2-1-4-13-10/h1-2,4,6,13H,3,5,7-8H2,(H,14,15,17). The van der Waals surface area contributed by atoms with Gasteiger partial charge in [0.2, 0.25) is 0 Å². The molecule has 3 heterocycles. The van der Waals surface area contributed by atoms with Crippen molar-refractivity contribution in [2.45, 2.75) is 19.5 Å². The average Bonchev–Trinajstić information content (AvgIpc) is 2.82. The van der Waals surface area contributed by atoms with Gasteiger partial charge in [0.05, 0.1) is 0 Å². The van der Waals surface area contributed by atoms with Gasteiger partial charge in [0, 0.05) is 55.4 Å². The van der Waals surface area contributed by atoms with E-state index in [9.17, 15) is 0 Å². The van der Waals surface area contributed by atoms with Crippen molar-refractivity contribution in [1.29, 1.82) is 0 Å². The van der Waals surface area contributed by atoms with E-state index in [4.69, 9.17) is 12.2 Å². The number of rotatable bonds is 2. The molecule has 2 N–H and O–H groups in total. The lowest BCUT2D eigenvalue weighted by Gasteiger charge is -2.27. The van der Waals surface area contributed by atoms with Crippen molar-refractivity contribution >= 4 is 12.2 Å². The van der Waals surface area contributed by atoms with Crippen molar-refractivity contribution in [2.24, 2.45) is 0 Å². The van der Waals surface area contributed by atoms with Crippen LogP contribution in [0.2, 0.25) is 0 Å². The first-order valence-corrected chi connectivity index (χ1v) is 6.14. The van der Waals surface area contributed by atoms with Gasteiger partial charge in [-0.3, -0.25) is 4.90 Å². The van der Waals surface area contributed by atoms with Gasteiger partial charge in [-0.15, -0.1) is 0 Å². The van der Waals surface area contributed by atoms with Crippen LogP contribution in [-0.2, 0) is 19.5 Å². The predicted octanol–water partition coefficient (Wildman–Crippen LogP) is 2.03. The van der Waals surface area contributed by atoms with Crippen LogP contribution in [0.5, 0.6) is 0 Å². The zero-order valence-corrected chi connectivity index (χ0v) is 10.3. The lowest BCUT2D eigenvalue weighted by molar-refractivity contribution is 0.240. The normalized spacial score (nSPS) is 15.8. The second-order valence-electron chi connectivity index (χ2n) is 4.35. The maximum Gasteiger partial charge on any atom is 0.196 e. The molecule has 0 saturated carbocycles. The molecule has 1 aliphatic heterocycles. The summed E-state index contributed by atoms with van der Waals surface area (Å²) in [6, 6.07) is 4.15. The Hall–Kier alpha value is -1.46. The molecule has 0 unspecified atom stereocenters. The lowest BCUT2D eigenvalue weighted by Crippen LogP contribution is -2.30. The third kappa shape index (κ3) is 2.30. The summed E-state index contributed by atoms with van der Waals surface area (Å²) < 4.78 is 0.585. The summed E-state index contributed by atoms with van der Waals surface area (Å²) in [6.07, 6.45) is 4.88. The summed E-state index contributed by atoms with van der Waals surface area (Å²) >= 11 is 5.04. The topological polar surface area (TPSA) is 47.7 Å². The molecule has 0 aromatic carbocycles. The molecular formula is C12H14N4S. The zero-order valence-electron chi connectivity index (χ0n) is 9.44. The van der Waals surface area contributed by atoms with Crippen LogP contribution in [0.3, 0.4) is 0 Å². The van der Waals surface area contributed by atoms with Gasteiger partial charge in [-0.05, 0) is 24.4 Å². The van der Waals surface area contributed by atoms with Gasteiger partial charge in [0.1, 0.15) is 0 Å². The van der Waals surface area contributed by atoms with Crippen molar-refractivity contribution in [1.82, 2.24) is 19.9 Å². The third-order valence-electron chi connectivity index (χ3n) is 3.11. The van der Waals surface area contributed by atoms with Gasteiger partial charge in [0.25, 0.3) is 0 Å². The highest BCUT2D eigenvalue weighted by Gasteiger charge is 2.16. The first-order valence-electron chi connectivity index (χ1n) is 5.73.